The summed E-state index contributed by atoms with van der Waals surface area (Å²) in [6.45, 7) is 8.38. The molecule has 4 rings (SSSR count). The number of ether oxygens (including phenoxy) is 2. The van der Waals surface area contributed by atoms with Gasteiger partial charge in [-0.05, 0) is 56.1 Å². The van der Waals surface area contributed by atoms with Crippen LogP contribution in [0, 0.1) is 28.6 Å². The Morgan fingerprint density at radius 3 is 2.56 bits per heavy atom. The van der Waals surface area contributed by atoms with E-state index in [2.05, 4.69) is 0 Å². The predicted octanol–water partition coefficient (Wildman–Crippen LogP) is 4.09. The number of carbonyl (C=O) groups excluding carboxylic acids is 4. The Labute approximate surface area is 217 Å². The van der Waals surface area contributed by atoms with Gasteiger partial charge in [-0.25, -0.2) is 0 Å². The molecule has 0 radical (unpaired) electrons. The van der Waals surface area contributed by atoms with Gasteiger partial charge in [0.25, 0.3) is 0 Å². The fourth-order valence-corrected chi connectivity index (χ4v) is 8.63. The summed E-state index contributed by atoms with van der Waals surface area (Å²) in [5, 5.41) is 11.8. The Balaban J connectivity index is 1.81. The van der Waals surface area contributed by atoms with Crippen LogP contribution in [-0.2, 0) is 28.7 Å². The van der Waals surface area contributed by atoms with Crippen molar-refractivity contribution >= 4 is 35.1 Å². The third-order valence-corrected chi connectivity index (χ3v) is 10.7. The number of rotatable bonds is 6. The van der Waals surface area contributed by atoms with E-state index in [1.165, 1.54) is 13.0 Å². The number of esters is 2. The molecule has 0 aliphatic heterocycles. The van der Waals surface area contributed by atoms with Crippen LogP contribution in [0.5, 0.6) is 0 Å². The highest BCUT2D eigenvalue weighted by Crippen LogP contribution is 2.72. The van der Waals surface area contributed by atoms with E-state index in [0.29, 0.717) is 25.7 Å². The maximum Gasteiger partial charge on any atom is 0.306 e. The van der Waals surface area contributed by atoms with Gasteiger partial charge in [-0.2, -0.15) is 0 Å². The number of fused-ring (bicyclic) bond motifs is 5. The van der Waals surface area contributed by atoms with E-state index < -0.39 is 51.7 Å². The van der Waals surface area contributed by atoms with Gasteiger partial charge in [-0.1, -0.05) is 39.3 Å². The molecule has 0 aromatic carbocycles. The van der Waals surface area contributed by atoms with Crippen LogP contribution in [0.4, 0.5) is 0 Å². The van der Waals surface area contributed by atoms with Gasteiger partial charge in [0.1, 0.15) is 0 Å². The first-order valence-corrected chi connectivity index (χ1v) is 13.4. The van der Waals surface area contributed by atoms with Crippen molar-refractivity contribution in [3.8, 4) is 0 Å². The largest absolute Gasteiger partial charge is 0.458 e. The van der Waals surface area contributed by atoms with Crippen molar-refractivity contribution in [1.29, 1.82) is 0 Å². The van der Waals surface area contributed by atoms with Gasteiger partial charge in [-0.15, -0.1) is 11.6 Å². The highest BCUT2D eigenvalue weighted by molar-refractivity contribution is 6.26. The van der Waals surface area contributed by atoms with Crippen molar-refractivity contribution in [2.24, 2.45) is 28.6 Å². The highest BCUT2D eigenvalue weighted by atomic mass is 35.5. The molecular weight excluding hydrogens is 484 g/mol. The summed E-state index contributed by atoms with van der Waals surface area (Å²) in [6.07, 6.45) is 6.69. The third kappa shape index (κ3) is 3.56. The van der Waals surface area contributed by atoms with Gasteiger partial charge in [0.05, 0.1) is 11.0 Å². The van der Waals surface area contributed by atoms with E-state index in [1.807, 2.05) is 33.8 Å². The number of ketones is 2. The minimum atomic E-state index is -1.55. The molecule has 4 aliphatic carbocycles. The van der Waals surface area contributed by atoms with Gasteiger partial charge in [-0.3, -0.25) is 19.2 Å². The molecule has 0 aromatic heterocycles. The normalized spacial score (nSPS) is 43.1. The zero-order valence-corrected chi connectivity index (χ0v) is 22.5. The van der Waals surface area contributed by atoms with Gasteiger partial charge in [0.2, 0.25) is 5.78 Å². The Bertz CT molecular complexity index is 1050. The summed E-state index contributed by atoms with van der Waals surface area (Å²) in [4.78, 5) is 49.3. The van der Waals surface area contributed by atoms with Crippen LogP contribution < -0.4 is 0 Å². The average molecular weight is 521 g/mol. The third-order valence-electron chi connectivity index (χ3n) is 9.73. The maximum atomic E-state index is 13.8. The quantitative estimate of drug-likeness (QED) is 0.415. The number of Topliss-reactive ketones (excluding diaryl/α,β-unsaturated/α-hetero) is 1. The van der Waals surface area contributed by atoms with Gasteiger partial charge < -0.3 is 14.6 Å². The lowest BCUT2D eigenvalue weighted by Gasteiger charge is -2.64. The Hall–Kier alpha value is -1.99. The van der Waals surface area contributed by atoms with Crippen LogP contribution >= 0.6 is 11.6 Å². The molecule has 0 spiro atoms. The molecule has 8 atom stereocenters. The molecule has 4 aliphatic rings. The second-order valence-corrected chi connectivity index (χ2v) is 12.2. The van der Waals surface area contributed by atoms with Gasteiger partial charge in [0.15, 0.2) is 18.0 Å². The molecule has 36 heavy (non-hydrogen) atoms. The minimum absolute atomic E-state index is 0.0799. The van der Waals surface area contributed by atoms with Crippen LogP contribution in [0.2, 0.25) is 0 Å². The van der Waals surface area contributed by atoms with Crippen LogP contribution in [-0.4, -0.2) is 51.8 Å². The molecule has 0 heterocycles. The van der Waals surface area contributed by atoms with E-state index in [-0.39, 0.29) is 36.4 Å². The topological polar surface area (TPSA) is 107 Å². The first-order chi connectivity index (χ1) is 16.8. The fourth-order valence-electron chi connectivity index (χ4n) is 8.11. The van der Waals surface area contributed by atoms with Crippen molar-refractivity contribution in [3.63, 3.8) is 0 Å². The predicted molar refractivity (Wildman–Crippen MR) is 133 cm³/mol. The van der Waals surface area contributed by atoms with E-state index in [4.69, 9.17) is 21.1 Å². The van der Waals surface area contributed by atoms with E-state index in [0.717, 1.165) is 5.57 Å². The van der Waals surface area contributed by atoms with Crippen molar-refractivity contribution in [2.45, 2.75) is 89.7 Å². The lowest BCUT2D eigenvalue weighted by molar-refractivity contribution is -0.203. The summed E-state index contributed by atoms with van der Waals surface area (Å²) >= 11 is 7.48. The van der Waals surface area contributed by atoms with Crippen LogP contribution in [0.1, 0.15) is 73.1 Å². The minimum Gasteiger partial charge on any atom is -0.458 e. The number of carbonyl (C=O) groups is 4. The summed E-state index contributed by atoms with van der Waals surface area (Å²) in [5.74, 6) is -2.29. The second kappa shape index (κ2) is 9.09. The summed E-state index contributed by atoms with van der Waals surface area (Å²) in [5.41, 5.74) is -2.27. The molecule has 3 fully saturated rings. The molecular formula is C28H37ClO7. The lowest BCUT2D eigenvalue weighted by Crippen LogP contribution is -2.69. The van der Waals surface area contributed by atoms with E-state index in [9.17, 15) is 24.3 Å². The molecule has 2 unspecified atom stereocenters. The van der Waals surface area contributed by atoms with E-state index >= 15 is 0 Å². The van der Waals surface area contributed by atoms with Gasteiger partial charge >= 0.3 is 11.9 Å². The monoisotopic (exact) mass is 520 g/mol. The number of hydrogen-bond acceptors (Lipinski definition) is 7. The number of aliphatic hydroxyl groups excluding tert-OH is 1. The van der Waals surface area contributed by atoms with Crippen LogP contribution in [0.3, 0.4) is 0 Å². The molecule has 0 saturated heterocycles. The average Bonchev–Trinajstić information content (AvgIpc) is 3.01. The first-order valence-electron chi connectivity index (χ1n) is 13.0. The molecule has 0 aromatic rings. The molecule has 0 bridgehead atoms. The summed E-state index contributed by atoms with van der Waals surface area (Å²) in [6, 6.07) is 0. The first kappa shape index (κ1) is 27.1. The number of allylic oxidation sites excluding steroid dienone is 4. The van der Waals surface area contributed by atoms with Crippen LogP contribution in [0.25, 0.3) is 0 Å². The molecule has 7 nitrogen and oxygen atoms in total. The van der Waals surface area contributed by atoms with Crippen molar-refractivity contribution in [3.05, 3.63) is 23.8 Å². The van der Waals surface area contributed by atoms with Crippen LogP contribution in [0.15, 0.2) is 23.8 Å². The van der Waals surface area contributed by atoms with Crippen molar-refractivity contribution < 1.29 is 33.8 Å². The molecule has 198 valence electrons. The number of hydrogen-bond donors (Lipinski definition) is 1. The SMILES string of the molecule is CCCC(=O)O[C@]1(C(=O)COC(C)=O)C(C)C[C@H]2[C@@H]3CCC4=CC(=O)C=C[C@]4(C)[C@@]3(Cl)C(O)C[C@@]21C. The fraction of sp³-hybridized carbons (Fsp3) is 0.714. The van der Waals surface area contributed by atoms with Crippen molar-refractivity contribution in [2.75, 3.05) is 6.61 Å². The lowest BCUT2D eigenvalue weighted by atomic mass is 9.45. The molecule has 0 amide bonds. The standard InChI is InChI=1S/C28H37ClO7/c1-6-7-24(34)36-28(23(33)15-35-17(3)30)16(2)12-21-20-9-8-18-13-19(31)10-11-25(18,4)27(20,29)22(32)14-26(21,28)5/h10-11,13,16,20-22,32H,6-9,12,14-15H2,1-5H3/t16?,20-,21-,22?,25-,26-,27-,28-/m0/s1. The Morgan fingerprint density at radius 1 is 1.22 bits per heavy atom. The van der Waals surface area contributed by atoms with Crippen molar-refractivity contribution in [1.82, 2.24) is 0 Å². The Kier molecular flexibility index (Phi) is 6.83. The molecule has 8 heteroatoms. The Morgan fingerprint density at radius 2 is 1.92 bits per heavy atom. The number of halogens is 1. The molecule has 1 N–H and O–H groups in total. The molecule has 3 saturated carbocycles. The van der Waals surface area contributed by atoms with Gasteiger partial charge in [0, 0.05) is 30.1 Å². The highest BCUT2D eigenvalue weighted by Gasteiger charge is 2.76. The van der Waals surface area contributed by atoms with E-state index in [1.54, 1.807) is 6.08 Å². The maximum absolute atomic E-state index is 13.8. The zero-order valence-electron chi connectivity index (χ0n) is 21.8. The second-order valence-electron chi connectivity index (χ2n) is 11.6. The smallest absolute Gasteiger partial charge is 0.306 e. The number of alkyl halides is 1. The summed E-state index contributed by atoms with van der Waals surface area (Å²) < 4.78 is 11.2. The summed E-state index contributed by atoms with van der Waals surface area (Å²) in [7, 11) is 0. The number of aliphatic hydroxyl groups is 1. The zero-order chi connectivity index (χ0) is 26.7.